The minimum atomic E-state index is -0.257. The van der Waals surface area contributed by atoms with Crippen molar-refractivity contribution in [2.24, 2.45) is 0 Å². The van der Waals surface area contributed by atoms with E-state index >= 15 is 0 Å². The van der Waals surface area contributed by atoms with E-state index in [-0.39, 0.29) is 5.91 Å². The number of fused-ring (bicyclic) bond motifs is 1. The van der Waals surface area contributed by atoms with Crippen LogP contribution in [-0.2, 0) is 11.3 Å². The minimum absolute atomic E-state index is 0.257. The number of aromatic amines is 1. The Hall–Kier alpha value is -4.89. The van der Waals surface area contributed by atoms with Crippen molar-refractivity contribution in [2.45, 2.75) is 20.4 Å². The standard InChI is InChI=1S/C34H37N7O2/c1-6-29(42)37-27-18-24(9-8-22(27)3)30-31-33(43-5)26(28-20-40(7-2)21-36-28)19-35-34(31)38-32(30)23-10-12-25(13-11-23)41-16-14-39(4)15-17-41/h6,8-13,18-21H,1,7,14-17H2,2-5H3,(H,35,38)(H,37,42). The monoisotopic (exact) mass is 575 g/mol. The number of benzene rings is 2. The van der Waals surface area contributed by atoms with Crippen LogP contribution in [0.5, 0.6) is 5.75 Å². The van der Waals surface area contributed by atoms with E-state index < -0.39 is 0 Å². The molecule has 43 heavy (non-hydrogen) atoms. The van der Waals surface area contributed by atoms with Crippen molar-refractivity contribution < 1.29 is 9.53 Å². The molecule has 0 saturated carbocycles. The van der Waals surface area contributed by atoms with Gasteiger partial charge in [0, 0.05) is 62.1 Å². The average molecular weight is 576 g/mol. The van der Waals surface area contributed by atoms with E-state index in [0.717, 1.165) is 83.0 Å². The van der Waals surface area contributed by atoms with Crippen LogP contribution in [0.1, 0.15) is 12.5 Å². The molecule has 2 N–H and O–H groups in total. The maximum absolute atomic E-state index is 12.3. The van der Waals surface area contributed by atoms with Gasteiger partial charge in [0.15, 0.2) is 0 Å². The summed E-state index contributed by atoms with van der Waals surface area (Å²) in [7, 11) is 3.85. The number of methoxy groups -OCH3 is 1. The molecule has 1 fully saturated rings. The van der Waals surface area contributed by atoms with Crippen LogP contribution in [0.3, 0.4) is 0 Å². The Morgan fingerprint density at radius 1 is 1.09 bits per heavy atom. The zero-order valence-corrected chi connectivity index (χ0v) is 25.1. The first kappa shape index (κ1) is 28.2. The van der Waals surface area contributed by atoms with Gasteiger partial charge in [-0.1, -0.05) is 30.8 Å². The van der Waals surface area contributed by atoms with Crippen molar-refractivity contribution in [1.29, 1.82) is 0 Å². The highest BCUT2D eigenvalue weighted by Crippen LogP contribution is 2.46. The van der Waals surface area contributed by atoms with E-state index in [1.54, 1.807) is 7.11 Å². The lowest BCUT2D eigenvalue weighted by atomic mass is 9.95. The van der Waals surface area contributed by atoms with E-state index in [1.807, 2.05) is 42.3 Å². The Morgan fingerprint density at radius 2 is 1.84 bits per heavy atom. The van der Waals surface area contributed by atoms with Crippen LogP contribution in [0.4, 0.5) is 11.4 Å². The molecule has 6 rings (SSSR count). The van der Waals surface area contributed by atoms with Crippen molar-refractivity contribution in [3.63, 3.8) is 0 Å². The third kappa shape index (κ3) is 5.39. The number of carbonyl (C=O) groups is 1. The molecule has 0 bridgehead atoms. The molecule has 3 aromatic heterocycles. The summed E-state index contributed by atoms with van der Waals surface area (Å²) in [5.41, 5.74) is 9.01. The molecule has 0 unspecified atom stereocenters. The largest absolute Gasteiger partial charge is 0.495 e. The molecular formula is C34H37N7O2. The molecule has 0 atom stereocenters. The molecular weight excluding hydrogens is 538 g/mol. The fourth-order valence-corrected chi connectivity index (χ4v) is 5.70. The molecule has 0 spiro atoms. The normalized spacial score (nSPS) is 13.8. The lowest BCUT2D eigenvalue weighted by Gasteiger charge is -2.34. The number of carbonyl (C=O) groups excluding carboxylic acids is 1. The van der Waals surface area contributed by atoms with Gasteiger partial charge in [0.05, 0.1) is 35.8 Å². The Bertz CT molecular complexity index is 1790. The van der Waals surface area contributed by atoms with Gasteiger partial charge in [0.1, 0.15) is 11.4 Å². The number of aryl methyl sites for hydroxylation is 2. The van der Waals surface area contributed by atoms with Gasteiger partial charge in [-0.15, -0.1) is 0 Å². The van der Waals surface area contributed by atoms with Crippen molar-refractivity contribution in [2.75, 3.05) is 50.6 Å². The molecule has 1 aliphatic heterocycles. The van der Waals surface area contributed by atoms with Crippen LogP contribution in [0.2, 0.25) is 0 Å². The zero-order chi connectivity index (χ0) is 30.1. The van der Waals surface area contributed by atoms with Crippen LogP contribution < -0.4 is 15.0 Å². The number of anilines is 2. The highest BCUT2D eigenvalue weighted by molar-refractivity contribution is 6.09. The second-order valence-corrected chi connectivity index (χ2v) is 11.0. The van der Waals surface area contributed by atoms with Crippen molar-refractivity contribution in [3.05, 3.63) is 79.4 Å². The predicted octanol–water partition coefficient (Wildman–Crippen LogP) is 5.97. The minimum Gasteiger partial charge on any atom is -0.495 e. The van der Waals surface area contributed by atoms with Crippen LogP contribution in [0.25, 0.3) is 44.7 Å². The molecule has 9 heteroatoms. The molecule has 1 saturated heterocycles. The fourth-order valence-electron chi connectivity index (χ4n) is 5.70. The quantitative estimate of drug-likeness (QED) is 0.222. The molecule has 4 heterocycles. The maximum Gasteiger partial charge on any atom is 0.247 e. The maximum atomic E-state index is 12.3. The summed E-state index contributed by atoms with van der Waals surface area (Å²) in [6, 6.07) is 14.8. The number of nitrogens with zero attached hydrogens (tertiary/aromatic N) is 5. The second kappa shape index (κ2) is 11.8. The molecule has 0 aliphatic carbocycles. The number of piperazine rings is 1. The third-order valence-corrected chi connectivity index (χ3v) is 8.25. The number of aromatic nitrogens is 4. The predicted molar refractivity (Wildman–Crippen MR) is 174 cm³/mol. The van der Waals surface area contributed by atoms with E-state index in [2.05, 4.69) is 76.0 Å². The van der Waals surface area contributed by atoms with Gasteiger partial charge < -0.3 is 29.4 Å². The first-order valence-electron chi connectivity index (χ1n) is 14.6. The van der Waals surface area contributed by atoms with Crippen molar-refractivity contribution >= 4 is 28.3 Å². The number of rotatable bonds is 8. The van der Waals surface area contributed by atoms with Crippen molar-refractivity contribution in [1.82, 2.24) is 24.4 Å². The highest BCUT2D eigenvalue weighted by Gasteiger charge is 2.24. The first-order valence-corrected chi connectivity index (χ1v) is 14.6. The summed E-state index contributed by atoms with van der Waals surface area (Å²) in [5, 5.41) is 3.81. The van der Waals surface area contributed by atoms with Crippen LogP contribution in [-0.4, -0.2) is 70.7 Å². The number of amides is 1. The van der Waals surface area contributed by atoms with E-state index in [0.29, 0.717) is 11.4 Å². The summed E-state index contributed by atoms with van der Waals surface area (Å²) in [5.74, 6) is 0.433. The summed E-state index contributed by atoms with van der Waals surface area (Å²) in [4.78, 5) is 30.1. The van der Waals surface area contributed by atoms with Gasteiger partial charge in [0.25, 0.3) is 0 Å². The van der Waals surface area contributed by atoms with Crippen LogP contribution in [0, 0.1) is 6.92 Å². The van der Waals surface area contributed by atoms with Gasteiger partial charge in [-0.25, -0.2) is 9.97 Å². The summed E-state index contributed by atoms with van der Waals surface area (Å²) in [6.45, 7) is 12.6. The molecule has 1 amide bonds. The second-order valence-electron chi connectivity index (χ2n) is 11.0. The number of ether oxygens (including phenoxy) is 1. The number of likely N-dealkylation sites (N-methyl/N-ethyl adjacent to an activating group) is 1. The van der Waals surface area contributed by atoms with Gasteiger partial charge >= 0.3 is 0 Å². The Balaban J connectivity index is 1.54. The van der Waals surface area contributed by atoms with Gasteiger partial charge in [-0.3, -0.25) is 4.79 Å². The average Bonchev–Trinajstić information content (AvgIpc) is 3.67. The third-order valence-electron chi connectivity index (χ3n) is 8.25. The zero-order valence-electron chi connectivity index (χ0n) is 25.1. The van der Waals surface area contributed by atoms with Crippen LogP contribution >= 0.6 is 0 Å². The van der Waals surface area contributed by atoms with Gasteiger partial charge in [-0.2, -0.15) is 0 Å². The number of pyridine rings is 1. The van der Waals surface area contributed by atoms with E-state index in [9.17, 15) is 4.79 Å². The Morgan fingerprint density at radius 3 is 2.51 bits per heavy atom. The summed E-state index contributed by atoms with van der Waals surface area (Å²) >= 11 is 0. The summed E-state index contributed by atoms with van der Waals surface area (Å²) in [6.07, 6.45) is 6.91. The molecule has 220 valence electrons. The molecule has 1 aliphatic rings. The molecule has 0 radical (unpaired) electrons. The fraction of sp³-hybridized carbons (Fsp3) is 0.265. The van der Waals surface area contributed by atoms with Crippen molar-refractivity contribution in [3.8, 4) is 39.4 Å². The smallest absolute Gasteiger partial charge is 0.247 e. The number of nitrogens with one attached hydrogen (secondary N) is 2. The SMILES string of the molecule is C=CC(=O)Nc1cc(-c2c(-c3ccc(N4CCN(C)CC4)cc3)[nH]c3ncc(-c4cn(CC)cn4)c(OC)c23)ccc1C. The highest BCUT2D eigenvalue weighted by atomic mass is 16.5. The number of H-pyrrole nitrogens is 1. The molecule has 9 nitrogen and oxygen atoms in total. The lowest BCUT2D eigenvalue weighted by molar-refractivity contribution is -0.111. The number of imidazole rings is 1. The number of hydrogen-bond acceptors (Lipinski definition) is 6. The Labute approximate surface area is 251 Å². The van der Waals surface area contributed by atoms with Crippen LogP contribution in [0.15, 0.2) is 73.8 Å². The van der Waals surface area contributed by atoms with Gasteiger partial charge in [0.2, 0.25) is 5.91 Å². The van der Waals surface area contributed by atoms with E-state index in [4.69, 9.17) is 9.72 Å². The van der Waals surface area contributed by atoms with E-state index in [1.165, 1.54) is 11.8 Å². The molecule has 2 aromatic carbocycles. The number of hydrogen-bond donors (Lipinski definition) is 2. The first-order chi connectivity index (χ1) is 20.9. The molecule has 5 aromatic rings. The lowest BCUT2D eigenvalue weighted by Crippen LogP contribution is -2.44. The Kier molecular flexibility index (Phi) is 7.73. The van der Waals surface area contributed by atoms with Gasteiger partial charge in [-0.05, 0) is 61.9 Å². The topological polar surface area (TPSA) is 91.3 Å². The summed E-state index contributed by atoms with van der Waals surface area (Å²) < 4.78 is 8.13.